The Hall–Kier alpha value is -1.07. The minimum absolute atomic E-state index is 0.433. The average Bonchev–Trinajstić information content (AvgIpc) is 2.75. The van der Waals surface area contributed by atoms with Gasteiger partial charge in [-0.3, -0.25) is 0 Å². The molecule has 1 unspecified atom stereocenters. The third-order valence-electron chi connectivity index (χ3n) is 3.65. The van der Waals surface area contributed by atoms with Crippen molar-refractivity contribution in [2.45, 2.75) is 32.1 Å². The fourth-order valence-corrected chi connectivity index (χ4v) is 4.66. The molecular formula is C14H21NO3S. The van der Waals surface area contributed by atoms with Gasteiger partial charge in [0.2, 0.25) is 10.0 Å². The fraction of sp³-hybridized carbons (Fsp3) is 0.571. The van der Waals surface area contributed by atoms with Crippen LogP contribution < -0.4 is 4.74 Å². The monoisotopic (exact) mass is 283 g/mol. The molecule has 0 N–H and O–H groups in total. The molecule has 1 saturated heterocycles. The quantitative estimate of drug-likeness (QED) is 0.855. The highest BCUT2D eigenvalue weighted by molar-refractivity contribution is 7.89. The first-order valence-corrected chi connectivity index (χ1v) is 7.95. The van der Waals surface area contributed by atoms with E-state index in [0.29, 0.717) is 29.7 Å². The van der Waals surface area contributed by atoms with E-state index in [9.17, 15) is 8.42 Å². The Balaban J connectivity index is 2.46. The normalized spacial score (nSPS) is 20.7. The number of rotatable bonds is 3. The van der Waals surface area contributed by atoms with Crippen molar-refractivity contribution in [1.29, 1.82) is 0 Å². The smallest absolute Gasteiger partial charge is 0.243 e. The molecule has 0 spiro atoms. The molecule has 1 aliphatic rings. The molecule has 4 nitrogen and oxygen atoms in total. The van der Waals surface area contributed by atoms with Crippen LogP contribution in [0.15, 0.2) is 17.0 Å². The lowest BCUT2D eigenvalue weighted by Gasteiger charge is -2.20. The number of ether oxygens (including phenoxy) is 1. The van der Waals surface area contributed by atoms with Gasteiger partial charge in [-0.2, -0.15) is 4.31 Å². The molecule has 1 aliphatic heterocycles. The summed E-state index contributed by atoms with van der Waals surface area (Å²) in [7, 11) is -1.79. The Morgan fingerprint density at radius 2 is 1.84 bits per heavy atom. The maximum atomic E-state index is 12.7. The number of sulfonamides is 1. The highest BCUT2D eigenvalue weighted by Gasteiger charge is 2.32. The number of benzene rings is 1. The van der Waals surface area contributed by atoms with Crippen LogP contribution >= 0.6 is 0 Å². The van der Waals surface area contributed by atoms with Crippen molar-refractivity contribution in [2.75, 3.05) is 20.2 Å². The third kappa shape index (κ3) is 2.62. The molecule has 1 aromatic rings. The molecule has 19 heavy (non-hydrogen) atoms. The summed E-state index contributed by atoms with van der Waals surface area (Å²) < 4.78 is 32.2. The third-order valence-corrected chi connectivity index (χ3v) is 5.83. The molecule has 0 amide bonds. The van der Waals surface area contributed by atoms with E-state index in [1.807, 2.05) is 13.8 Å². The van der Waals surface area contributed by atoms with Gasteiger partial charge in [-0.25, -0.2) is 8.42 Å². The van der Waals surface area contributed by atoms with Gasteiger partial charge in [-0.15, -0.1) is 0 Å². The molecule has 1 aromatic carbocycles. The zero-order valence-electron chi connectivity index (χ0n) is 11.9. The second-order valence-electron chi connectivity index (χ2n) is 5.35. The molecule has 5 heteroatoms. The number of aryl methyl sites for hydroxylation is 2. The first-order chi connectivity index (χ1) is 8.86. The van der Waals surface area contributed by atoms with Crippen molar-refractivity contribution in [2.24, 2.45) is 5.92 Å². The van der Waals surface area contributed by atoms with Crippen molar-refractivity contribution >= 4 is 10.0 Å². The number of nitrogens with zero attached hydrogens (tertiary/aromatic N) is 1. The summed E-state index contributed by atoms with van der Waals surface area (Å²) in [6.07, 6.45) is 0.938. The summed E-state index contributed by atoms with van der Waals surface area (Å²) in [6, 6.07) is 3.55. The second kappa shape index (κ2) is 5.13. The van der Waals surface area contributed by atoms with E-state index in [4.69, 9.17) is 4.74 Å². The Morgan fingerprint density at radius 1 is 1.26 bits per heavy atom. The fourth-order valence-electron chi connectivity index (χ4n) is 2.68. The number of hydrogen-bond acceptors (Lipinski definition) is 3. The molecule has 0 aliphatic carbocycles. The summed E-state index contributed by atoms with van der Waals surface area (Å²) in [4.78, 5) is 0.433. The Labute approximate surface area is 115 Å². The maximum Gasteiger partial charge on any atom is 0.243 e. The van der Waals surface area contributed by atoms with Gasteiger partial charge in [0.05, 0.1) is 12.0 Å². The Kier molecular flexibility index (Phi) is 3.87. The summed E-state index contributed by atoms with van der Waals surface area (Å²) in [6.45, 7) is 6.97. The maximum absolute atomic E-state index is 12.7. The van der Waals surface area contributed by atoms with Gasteiger partial charge < -0.3 is 4.74 Å². The minimum Gasteiger partial charge on any atom is -0.497 e. The van der Waals surface area contributed by atoms with E-state index < -0.39 is 10.0 Å². The standard InChI is InChI=1S/C14H21NO3S/c1-10-5-6-15(9-10)19(16,17)14-11(2)7-13(18-4)8-12(14)3/h7-8,10H,5-6,9H2,1-4H3. The minimum atomic E-state index is -3.38. The lowest BCUT2D eigenvalue weighted by Crippen LogP contribution is -2.29. The van der Waals surface area contributed by atoms with E-state index in [-0.39, 0.29) is 0 Å². The summed E-state index contributed by atoms with van der Waals surface area (Å²) in [5.41, 5.74) is 1.49. The van der Waals surface area contributed by atoms with Crippen LogP contribution in [0.1, 0.15) is 24.5 Å². The van der Waals surface area contributed by atoms with Gasteiger partial charge in [0.15, 0.2) is 0 Å². The van der Waals surface area contributed by atoms with Crippen molar-refractivity contribution < 1.29 is 13.2 Å². The van der Waals surface area contributed by atoms with Gasteiger partial charge in [0.25, 0.3) is 0 Å². The van der Waals surface area contributed by atoms with Crippen LogP contribution in [0.5, 0.6) is 5.75 Å². The van der Waals surface area contributed by atoms with Gasteiger partial charge >= 0.3 is 0 Å². The summed E-state index contributed by atoms with van der Waals surface area (Å²) >= 11 is 0. The van der Waals surface area contributed by atoms with Gasteiger partial charge in [0.1, 0.15) is 5.75 Å². The first-order valence-electron chi connectivity index (χ1n) is 6.51. The highest BCUT2D eigenvalue weighted by Crippen LogP contribution is 2.30. The van der Waals surface area contributed by atoms with Crippen LogP contribution in [0.2, 0.25) is 0 Å². The van der Waals surface area contributed by atoms with Crippen LogP contribution in [0, 0.1) is 19.8 Å². The van der Waals surface area contributed by atoms with Crippen LogP contribution in [0.4, 0.5) is 0 Å². The van der Waals surface area contributed by atoms with Gasteiger partial charge in [-0.1, -0.05) is 6.92 Å². The predicted octanol–water partition coefficient (Wildman–Crippen LogP) is 2.34. The molecular weight excluding hydrogens is 262 g/mol. The SMILES string of the molecule is COc1cc(C)c(S(=O)(=O)N2CCC(C)C2)c(C)c1. The van der Waals surface area contributed by atoms with Crippen molar-refractivity contribution in [1.82, 2.24) is 4.31 Å². The lowest BCUT2D eigenvalue weighted by molar-refractivity contribution is 0.413. The number of methoxy groups -OCH3 is 1. The van der Waals surface area contributed by atoms with Crippen LogP contribution in [-0.4, -0.2) is 32.9 Å². The molecule has 1 heterocycles. The van der Waals surface area contributed by atoms with E-state index >= 15 is 0 Å². The molecule has 0 radical (unpaired) electrons. The number of hydrogen-bond donors (Lipinski definition) is 0. The summed E-state index contributed by atoms with van der Waals surface area (Å²) in [5, 5.41) is 0. The zero-order valence-corrected chi connectivity index (χ0v) is 12.8. The van der Waals surface area contributed by atoms with Crippen LogP contribution in [-0.2, 0) is 10.0 Å². The van der Waals surface area contributed by atoms with Crippen LogP contribution in [0.3, 0.4) is 0 Å². The van der Waals surface area contributed by atoms with E-state index in [0.717, 1.165) is 17.5 Å². The largest absolute Gasteiger partial charge is 0.497 e. The Bertz CT molecular complexity index is 557. The predicted molar refractivity (Wildman–Crippen MR) is 75.0 cm³/mol. The van der Waals surface area contributed by atoms with Gasteiger partial charge in [-0.05, 0) is 49.4 Å². The highest BCUT2D eigenvalue weighted by atomic mass is 32.2. The lowest BCUT2D eigenvalue weighted by atomic mass is 10.1. The Morgan fingerprint density at radius 3 is 2.26 bits per heavy atom. The van der Waals surface area contributed by atoms with Gasteiger partial charge in [0, 0.05) is 13.1 Å². The first kappa shape index (κ1) is 14.3. The molecule has 106 valence electrons. The molecule has 1 atom stereocenters. The molecule has 1 fully saturated rings. The van der Waals surface area contributed by atoms with Crippen LogP contribution in [0.25, 0.3) is 0 Å². The zero-order chi connectivity index (χ0) is 14.2. The molecule has 2 rings (SSSR count). The van der Waals surface area contributed by atoms with E-state index in [1.54, 1.807) is 23.5 Å². The molecule has 0 bridgehead atoms. The second-order valence-corrected chi connectivity index (χ2v) is 7.22. The summed E-state index contributed by atoms with van der Waals surface area (Å²) in [5.74, 6) is 1.14. The van der Waals surface area contributed by atoms with E-state index in [2.05, 4.69) is 6.92 Å². The van der Waals surface area contributed by atoms with E-state index in [1.165, 1.54) is 0 Å². The van der Waals surface area contributed by atoms with Crippen molar-refractivity contribution in [3.63, 3.8) is 0 Å². The molecule has 0 saturated carbocycles. The van der Waals surface area contributed by atoms with Crippen molar-refractivity contribution in [3.05, 3.63) is 23.3 Å². The topological polar surface area (TPSA) is 46.6 Å². The molecule has 0 aromatic heterocycles. The average molecular weight is 283 g/mol. The van der Waals surface area contributed by atoms with Crippen molar-refractivity contribution in [3.8, 4) is 5.75 Å².